The first-order valence-corrected chi connectivity index (χ1v) is 9.43. The molecule has 1 amide bonds. The molecule has 0 heterocycles. The van der Waals surface area contributed by atoms with Gasteiger partial charge < -0.3 is 5.32 Å². The fourth-order valence-electron chi connectivity index (χ4n) is 2.50. The normalized spacial score (nSPS) is 11.1. The second-order valence-corrected chi connectivity index (χ2v) is 6.82. The van der Waals surface area contributed by atoms with Crippen LogP contribution in [-0.4, -0.2) is 17.0 Å². The SMILES string of the molecule is O=C(Nc1ccc(N=C/C=C/c2cccc([N+](=O)[O-])c2)cc1)c1ccccc1Br. The van der Waals surface area contributed by atoms with Crippen LogP contribution in [0.5, 0.6) is 0 Å². The van der Waals surface area contributed by atoms with Crippen LogP contribution < -0.4 is 5.32 Å². The summed E-state index contributed by atoms with van der Waals surface area (Å²) in [6, 6.07) is 20.7. The average Bonchev–Trinajstić information content (AvgIpc) is 2.73. The monoisotopic (exact) mass is 449 g/mol. The molecule has 0 spiro atoms. The quantitative estimate of drug-likeness (QED) is 0.283. The Labute approximate surface area is 175 Å². The number of hydrogen-bond acceptors (Lipinski definition) is 4. The van der Waals surface area contributed by atoms with E-state index in [0.29, 0.717) is 16.9 Å². The van der Waals surface area contributed by atoms with Crippen molar-refractivity contribution in [2.24, 2.45) is 4.99 Å². The Morgan fingerprint density at radius 3 is 2.52 bits per heavy atom. The molecule has 144 valence electrons. The lowest BCUT2D eigenvalue weighted by atomic mass is 10.2. The van der Waals surface area contributed by atoms with E-state index in [4.69, 9.17) is 0 Å². The third kappa shape index (κ3) is 5.70. The highest BCUT2D eigenvalue weighted by atomic mass is 79.9. The number of nitrogens with one attached hydrogen (secondary N) is 1. The van der Waals surface area contributed by atoms with E-state index >= 15 is 0 Å². The minimum atomic E-state index is -0.428. The molecule has 0 radical (unpaired) electrons. The number of carbonyl (C=O) groups excluding carboxylic acids is 1. The molecule has 7 heteroatoms. The zero-order chi connectivity index (χ0) is 20.6. The molecule has 0 aliphatic rings. The van der Waals surface area contributed by atoms with Crippen molar-refractivity contribution in [1.29, 1.82) is 0 Å². The highest BCUT2D eigenvalue weighted by Gasteiger charge is 2.09. The van der Waals surface area contributed by atoms with Gasteiger partial charge in [-0.1, -0.05) is 30.3 Å². The van der Waals surface area contributed by atoms with Gasteiger partial charge in [-0.05, 0) is 64.0 Å². The van der Waals surface area contributed by atoms with E-state index in [-0.39, 0.29) is 11.6 Å². The highest BCUT2D eigenvalue weighted by molar-refractivity contribution is 9.10. The molecule has 0 fully saturated rings. The summed E-state index contributed by atoms with van der Waals surface area (Å²) in [5, 5.41) is 13.6. The van der Waals surface area contributed by atoms with Gasteiger partial charge in [0.15, 0.2) is 0 Å². The second kappa shape index (κ2) is 9.57. The first-order valence-electron chi connectivity index (χ1n) is 8.64. The number of allylic oxidation sites excluding steroid dienone is 1. The number of anilines is 1. The van der Waals surface area contributed by atoms with Gasteiger partial charge in [-0.25, -0.2) is 0 Å². The van der Waals surface area contributed by atoms with Gasteiger partial charge in [0.25, 0.3) is 11.6 Å². The Kier molecular flexibility index (Phi) is 6.65. The second-order valence-electron chi connectivity index (χ2n) is 5.97. The van der Waals surface area contributed by atoms with E-state index in [2.05, 4.69) is 26.2 Å². The summed E-state index contributed by atoms with van der Waals surface area (Å²) in [5.74, 6) is -0.200. The van der Waals surface area contributed by atoms with Gasteiger partial charge >= 0.3 is 0 Å². The fraction of sp³-hybridized carbons (Fsp3) is 0. The number of non-ortho nitro benzene ring substituents is 1. The summed E-state index contributed by atoms with van der Waals surface area (Å²) in [4.78, 5) is 27.0. The molecule has 0 aliphatic heterocycles. The summed E-state index contributed by atoms with van der Waals surface area (Å²) >= 11 is 3.37. The number of benzene rings is 3. The van der Waals surface area contributed by atoms with Gasteiger partial charge in [-0.3, -0.25) is 19.9 Å². The molecule has 0 unspecified atom stereocenters. The molecule has 0 aromatic heterocycles. The van der Waals surface area contributed by atoms with Gasteiger partial charge in [0.05, 0.1) is 16.2 Å². The lowest BCUT2D eigenvalue weighted by molar-refractivity contribution is -0.384. The van der Waals surface area contributed by atoms with Crippen LogP contribution in [-0.2, 0) is 0 Å². The summed E-state index contributed by atoms with van der Waals surface area (Å²) in [6.45, 7) is 0. The molecular weight excluding hydrogens is 434 g/mol. The molecule has 29 heavy (non-hydrogen) atoms. The van der Waals surface area contributed by atoms with Crippen LogP contribution in [0.3, 0.4) is 0 Å². The summed E-state index contributed by atoms with van der Waals surface area (Å²) in [6.07, 6.45) is 5.05. The maximum atomic E-state index is 12.3. The van der Waals surface area contributed by atoms with Crippen molar-refractivity contribution in [3.8, 4) is 0 Å². The molecule has 3 aromatic rings. The number of hydrogen-bond donors (Lipinski definition) is 1. The van der Waals surface area contributed by atoms with Crippen LogP contribution in [0.25, 0.3) is 6.08 Å². The molecule has 0 atom stereocenters. The predicted octanol–water partition coefficient (Wildman–Crippen LogP) is 6.03. The number of halogens is 1. The topological polar surface area (TPSA) is 84.6 Å². The summed E-state index contributed by atoms with van der Waals surface area (Å²) in [5.41, 5.74) is 2.70. The van der Waals surface area contributed by atoms with Gasteiger partial charge in [0.2, 0.25) is 0 Å². The number of amides is 1. The Morgan fingerprint density at radius 1 is 1.03 bits per heavy atom. The summed E-state index contributed by atoms with van der Waals surface area (Å²) in [7, 11) is 0. The van der Waals surface area contributed by atoms with Crippen molar-refractivity contribution in [2.45, 2.75) is 0 Å². The first kappa shape index (κ1) is 20.2. The van der Waals surface area contributed by atoms with Gasteiger partial charge in [0, 0.05) is 28.5 Å². The van der Waals surface area contributed by atoms with Crippen LogP contribution in [0.4, 0.5) is 17.1 Å². The number of aliphatic imine (C=N–C) groups is 1. The molecule has 0 saturated heterocycles. The third-order valence-electron chi connectivity index (χ3n) is 3.92. The predicted molar refractivity (Wildman–Crippen MR) is 119 cm³/mol. The van der Waals surface area contributed by atoms with Gasteiger partial charge in [0.1, 0.15) is 0 Å². The molecule has 0 saturated carbocycles. The minimum Gasteiger partial charge on any atom is -0.322 e. The molecule has 3 rings (SSSR count). The van der Waals surface area contributed by atoms with Crippen molar-refractivity contribution < 1.29 is 9.72 Å². The van der Waals surface area contributed by atoms with E-state index < -0.39 is 4.92 Å². The standard InChI is InChI=1S/C22H16BrN3O3/c23-21-9-2-1-8-20(21)22(27)25-18-12-10-17(11-13-18)24-14-4-6-16-5-3-7-19(15-16)26(28)29/h1-15H,(H,25,27)/b6-4+,24-14?. The number of nitrogens with zero attached hydrogens (tertiary/aromatic N) is 2. The molecule has 0 bridgehead atoms. The smallest absolute Gasteiger partial charge is 0.270 e. The number of nitro benzene ring substituents is 1. The maximum Gasteiger partial charge on any atom is 0.270 e. The van der Waals surface area contributed by atoms with E-state index in [1.807, 2.05) is 12.1 Å². The largest absolute Gasteiger partial charge is 0.322 e. The number of rotatable bonds is 6. The van der Waals surface area contributed by atoms with Crippen LogP contribution >= 0.6 is 15.9 Å². The van der Waals surface area contributed by atoms with Crippen LogP contribution in [0.2, 0.25) is 0 Å². The third-order valence-corrected chi connectivity index (χ3v) is 4.61. The van der Waals surface area contributed by atoms with Gasteiger partial charge in [-0.15, -0.1) is 0 Å². The molecular formula is C22H16BrN3O3. The van der Waals surface area contributed by atoms with Crippen LogP contribution in [0.15, 0.2) is 88.3 Å². The van der Waals surface area contributed by atoms with E-state index in [9.17, 15) is 14.9 Å². The van der Waals surface area contributed by atoms with E-state index in [1.54, 1.807) is 66.9 Å². The van der Waals surface area contributed by atoms with Crippen molar-refractivity contribution in [3.63, 3.8) is 0 Å². The van der Waals surface area contributed by atoms with Crippen molar-refractivity contribution in [2.75, 3.05) is 5.32 Å². The highest BCUT2D eigenvalue weighted by Crippen LogP contribution is 2.20. The van der Waals surface area contributed by atoms with Crippen molar-refractivity contribution >= 4 is 51.2 Å². The minimum absolute atomic E-state index is 0.0456. The van der Waals surface area contributed by atoms with Crippen molar-refractivity contribution in [3.05, 3.63) is 105 Å². The lowest BCUT2D eigenvalue weighted by Gasteiger charge is -2.06. The fourth-order valence-corrected chi connectivity index (χ4v) is 2.96. The number of nitro groups is 1. The van der Waals surface area contributed by atoms with Crippen LogP contribution in [0.1, 0.15) is 15.9 Å². The Bertz CT molecular complexity index is 1090. The van der Waals surface area contributed by atoms with Crippen molar-refractivity contribution in [1.82, 2.24) is 0 Å². The number of carbonyl (C=O) groups is 1. The Morgan fingerprint density at radius 2 is 1.79 bits per heavy atom. The van der Waals surface area contributed by atoms with E-state index in [0.717, 1.165) is 10.0 Å². The summed E-state index contributed by atoms with van der Waals surface area (Å²) < 4.78 is 0.731. The zero-order valence-electron chi connectivity index (χ0n) is 15.2. The molecule has 1 N–H and O–H groups in total. The molecule has 6 nitrogen and oxygen atoms in total. The average molecular weight is 450 g/mol. The Balaban J connectivity index is 1.60. The molecule has 0 aliphatic carbocycles. The molecule has 3 aromatic carbocycles. The maximum absolute atomic E-state index is 12.3. The first-order chi connectivity index (χ1) is 14.0. The van der Waals surface area contributed by atoms with Crippen LogP contribution in [0, 0.1) is 10.1 Å². The zero-order valence-corrected chi connectivity index (χ0v) is 16.7. The van der Waals surface area contributed by atoms with Gasteiger partial charge in [-0.2, -0.15) is 0 Å². The Hall–Kier alpha value is -3.58. The lowest BCUT2D eigenvalue weighted by Crippen LogP contribution is -2.12. The van der Waals surface area contributed by atoms with E-state index in [1.165, 1.54) is 12.1 Å².